The highest BCUT2D eigenvalue weighted by Gasteiger charge is 2.55. The molecule has 3 nitrogen and oxygen atoms in total. The molecule has 1 aliphatic heterocycles. The minimum Gasteiger partial charge on any atom is -0.207 e. The predicted octanol–water partition coefficient (Wildman–Crippen LogP) is 4.82. The van der Waals surface area contributed by atoms with E-state index in [0.717, 1.165) is 12.0 Å². The van der Waals surface area contributed by atoms with Crippen molar-refractivity contribution in [1.29, 1.82) is 0 Å². The fraction of sp³-hybridized carbons (Fsp3) is 0.333. The van der Waals surface area contributed by atoms with Crippen molar-refractivity contribution >= 4 is 28.5 Å². The molecule has 0 spiro atoms. The third kappa shape index (κ3) is 3.87. The summed E-state index contributed by atoms with van der Waals surface area (Å²) in [4.78, 5) is 0.395. The van der Waals surface area contributed by atoms with E-state index in [2.05, 4.69) is 81.4 Å². The fourth-order valence-corrected chi connectivity index (χ4v) is 14.0. The summed E-state index contributed by atoms with van der Waals surface area (Å²) in [6.45, 7) is 10.2. The van der Waals surface area contributed by atoms with E-state index >= 15 is 0 Å². The number of hydrogen-bond donors (Lipinski definition) is 0. The summed E-state index contributed by atoms with van der Waals surface area (Å²) < 4.78 is 28.7. The minimum absolute atomic E-state index is 0.0179. The van der Waals surface area contributed by atoms with Gasteiger partial charge in [0.1, 0.15) is 8.07 Å². The van der Waals surface area contributed by atoms with Gasteiger partial charge in [0, 0.05) is 13.1 Å². The molecule has 0 aliphatic carbocycles. The van der Waals surface area contributed by atoms with E-state index in [-0.39, 0.29) is 5.04 Å². The van der Waals surface area contributed by atoms with Crippen molar-refractivity contribution in [3.63, 3.8) is 0 Å². The Balaban J connectivity index is 1.81. The van der Waals surface area contributed by atoms with Crippen LogP contribution in [0.5, 0.6) is 0 Å². The molecule has 0 N–H and O–H groups in total. The molecule has 0 radical (unpaired) electrons. The van der Waals surface area contributed by atoms with Crippen molar-refractivity contribution in [2.75, 3.05) is 13.1 Å². The molecule has 32 heavy (non-hydrogen) atoms. The predicted molar refractivity (Wildman–Crippen MR) is 136 cm³/mol. The maximum absolute atomic E-state index is 13.5. The third-order valence-corrected chi connectivity index (χ3v) is 15.5. The lowest BCUT2D eigenvalue weighted by Gasteiger charge is -2.48. The highest BCUT2D eigenvalue weighted by molar-refractivity contribution is 7.89. The lowest BCUT2D eigenvalue weighted by Crippen LogP contribution is -2.67. The molecule has 0 amide bonds. The van der Waals surface area contributed by atoms with Gasteiger partial charge in [-0.05, 0) is 36.1 Å². The molecule has 4 rings (SSSR count). The van der Waals surface area contributed by atoms with Crippen LogP contribution in [0.2, 0.25) is 10.6 Å². The Labute approximate surface area is 194 Å². The Morgan fingerprint density at radius 3 is 1.78 bits per heavy atom. The van der Waals surface area contributed by atoms with Gasteiger partial charge in [-0.3, -0.25) is 0 Å². The smallest absolute Gasteiger partial charge is 0.207 e. The van der Waals surface area contributed by atoms with Gasteiger partial charge in [0.05, 0.1) is 4.90 Å². The van der Waals surface area contributed by atoms with Gasteiger partial charge < -0.3 is 0 Å². The maximum atomic E-state index is 13.5. The molecule has 1 heterocycles. The van der Waals surface area contributed by atoms with Gasteiger partial charge in [-0.1, -0.05) is 110 Å². The summed E-state index contributed by atoms with van der Waals surface area (Å²) in [6, 6.07) is 28.9. The number of sulfonamides is 1. The van der Waals surface area contributed by atoms with Crippen molar-refractivity contribution in [3.8, 4) is 0 Å². The molecular formula is C27H33NO2SSi. The van der Waals surface area contributed by atoms with E-state index in [1.54, 1.807) is 16.4 Å². The van der Waals surface area contributed by atoms with E-state index in [9.17, 15) is 8.42 Å². The monoisotopic (exact) mass is 463 g/mol. The van der Waals surface area contributed by atoms with Crippen molar-refractivity contribution in [1.82, 2.24) is 4.31 Å². The SMILES string of the molecule is Cc1ccc(S(=O)(=O)N2CCC([Si](c3ccccc3)(c3ccccc3)C(C)(C)C)C2)cc1. The zero-order valence-corrected chi connectivity index (χ0v) is 21.3. The average Bonchev–Trinajstić information content (AvgIpc) is 3.26. The highest BCUT2D eigenvalue weighted by atomic mass is 32.2. The summed E-state index contributed by atoms with van der Waals surface area (Å²) in [7, 11) is -5.86. The molecule has 5 heteroatoms. The zero-order chi connectivity index (χ0) is 23.0. The van der Waals surface area contributed by atoms with Crippen LogP contribution in [0.1, 0.15) is 32.8 Å². The first-order valence-electron chi connectivity index (χ1n) is 11.4. The van der Waals surface area contributed by atoms with Gasteiger partial charge >= 0.3 is 0 Å². The summed E-state index contributed by atoms with van der Waals surface area (Å²) in [5.74, 6) is 0. The van der Waals surface area contributed by atoms with Gasteiger partial charge in [-0.25, -0.2) is 8.42 Å². The van der Waals surface area contributed by atoms with Gasteiger partial charge in [0.25, 0.3) is 0 Å². The molecule has 0 bridgehead atoms. The molecule has 168 valence electrons. The first-order chi connectivity index (χ1) is 15.2. The second-order valence-corrected chi connectivity index (χ2v) is 17.0. The lowest BCUT2D eigenvalue weighted by molar-refractivity contribution is 0.476. The largest absolute Gasteiger partial charge is 0.243 e. The van der Waals surface area contributed by atoms with Crippen molar-refractivity contribution < 1.29 is 8.42 Å². The molecule has 1 aliphatic rings. The molecule has 0 aromatic heterocycles. The molecule has 0 saturated carbocycles. The number of benzene rings is 3. The van der Waals surface area contributed by atoms with Gasteiger partial charge in [0.2, 0.25) is 10.0 Å². The number of hydrogen-bond acceptors (Lipinski definition) is 2. The van der Waals surface area contributed by atoms with E-state index in [0.29, 0.717) is 23.5 Å². The normalized spacial score (nSPS) is 18.1. The maximum Gasteiger partial charge on any atom is 0.243 e. The number of aryl methyl sites for hydroxylation is 1. The van der Waals surface area contributed by atoms with Crippen LogP contribution in [0, 0.1) is 6.92 Å². The second-order valence-electron chi connectivity index (χ2n) is 9.95. The molecule has 1 saturated heterocycles. The van der Waals surface area contributed by atoms with Crippen LogP contribution in [0.4, 0.5) is 0 Å². The Morgan fingerprint density at radius 1 is 0.812 bits per heavy atom. The van der Waals surface area contributed by atoms with E-state index in [1.807, 2.05) is 19.1 Å². The Bertz CT molecular complexity index is 1110. The highest BCUT2D eigenvalue weighted by Crippen LogP contribution is 2.47. The molecule has 1 fully saturated rings. The quantitative estimate of drug-likeness (QED) is 0.509. The molecule has 1 unspecified atom stereocenters. The summed E-state index contributed by atoms with van der Waals surface area (Å²) in [5, 5.41) is 2.79. The molecule has 1 atom stereocenters. The third-order valence-electron chi connectivity index (χ3n) is 7.06. The van der Waals surface area contributed by atoms with Gasteiger partial charge in [0.15, 0.2) is 0 Å². The van der Waals surface area contributed by atoms with Crippen LogP contribution < -0.4 is 10.4 Å². The van der Waals surface area contributed by atoms with Crippen molar-refractivity contribution in [2.45, 2.75) is 49.6 Å². The number of nitrogens with zero attached hydrogens (tertiary/aromatic N) is 1. The van der Waals surface area contributed by atoms with Crippen LogP contribution in [0.25, 0.3) is 0 Å². The first kappa shape index (κ1) is 23.0. The van der Waals surface area contributed by atoms with Crippen molar-refractivity contribution in [3.05, 3.63) is 90.5 Å². The van der Waals surface area contributed by atoms with Crippen LogP contribution in [0.3, 0.4) is 0 Å². The standard InChI is InChI=1S/C27H33NO2SSi/c1-22-15-17-23(18-16-22)31(29,30)28-20-19-26(21-28)32(27(2,3)4,24-11-7-5-8-12-24)25-13-9-6-10-14-25/h5-18,26H,19-21H2,1-4H3. The van der Waals surface area contributed by atoms with Crippen LogP contribution >= 0.6 is 0 Å². The van der Waals surface area contributed by atoms with Gasteiger partial charge in [-0.2, -0.15) is 4.31 Å². The van der Waals surface area contributed by atoms with Crippen LogP contribution in [-0.2, 0) is 10.0 Å². The summed E-state index contributed by atoms with van der Waals surface area (Å²) in [5.41, 5.74) is 1.36. The summed E-state index contributed by atoms with van der Waals surface area (Å²) >= 11 is 0. The molecule has 3 aromatic rings. The zero-order valence-electron chi connectivity index (χ0n) is 19.5. The lowest BCUT2D eigenvalue weighted by atomic mass is 10.2. The number of rotatable bonds is 5. The topological polar surface area (TPSA) is 37.4 Å². The van der Waals surface area contributed by atoms with Crippen LogP contribution in [0.15, 0.2) is 89.8 Å². The van der Waals surface area contributed by atoms with E-state index in [1.165, 1.54) is 10.4 Å². The van der Waals surface area contributed by atoms with Gasteiger partial charge in [-0.15, -0.1) is 0 Å². The Morgan fingerprint density at radius 2 is 1.31 bits per heavy atom. The van der Waals surface area contributed by atoms with Crippen LogP contribution in [-0.4, -0.2) is 33.9 Å². The summed E-state index contributed by atoms with van der Waals surface area (Å²) in [6.07, 6.45) is 0.887. The van der Waals surface area contributed by atoms with E-state index < -0.39 is 18.1 Å². The fourth-order valence-electron chi connectivity index (χ4n) is 5.68. The molecular weight excluding hydrogens is 430 g/mol. The van der Waals surface area contributed by atoms with Crippen molar-refractivity contribution in [2.24, 2.45) is 0 Å². The van der Waals surface area contributed by atoms with E-state index in [4.69, 9.17) is 0 Å². The second kappa shape index (κ2) is 8.62. The molecule has 3 aromatic carbocycles. The Hall–Kier alpha value is -2.21. The average molecular weight is 464 g/mol. The minimum atomic E-state index is -3.50. The first-order valence-corrected chi connectivity index (χ1v) is 14.9. The Kier molecular flexibility index (Phi) is 6.18.